The molecule has 0 bridgehead atoms. The molecule has 1 aromatic rings. The van der Waals surface area contributed by atoms with Crippen LogP contribution in [0, 0.1) is 0 Å². The Morgan fingerprint density at radius 3 is 3.00 bits per heavy atom. The third kappa shape index (κ3) is 3.56. The largest absolute Gasteiger partial charge is 0.352 e. The highest BCUT2D eigenvalue weighted by Crippen LogP contribution is 2.16. The molecule has 1 amide bonds. The van der Waals surface area contributed by atoms with Crippen molar-refractivity contribution in [1.29, 1.82) is 0 Å². The first kappa shape index (κ1) is 12.1. The highest BCUT2D eigenvalue weighted by atomic mass is 16.1. The molecule has 0 saturated heterocycles. The molecule has 1 aliphatic rings. The molecule has 0 unspecified atom stereocenters. The number of nitrogens with one attached hydrogen (secondary N) is 1. The average Bonchev–Trinajstić information content (AvgIpc) is 2.82. The van der Waals surface area contributed by atoms with Crippen molar-refractivity contribution >= 4 is 5.91 Å². The van der Waals surface area contributed by atoms with Crippen LogP contribution in [0.3, 0.4) is 0 Å². The zero-order valence-electron chi connectivity index (χ0n) is 10.0. The third-order valence-corrected chi connectivity index (χ3v) is 3.32. The molecule has 17 heavy (non-hydrogen) atoms. The summed E-state index contributed by atoms with van der Waals surface area (Å²) >= 11 is 0. The first-order valence-corrected chi connectivity index (χ1v) is 6.26. The fourth-order valence-electron chi connectivity index (χ4n) is 2.27. The van der Waals surface area contributed by atoms with Gasteiger partial charge in [-0.15, -0.1) is 0 Å². The lowest BCUT2D eigenvalue weighted by Gasteiger charge is -2.29. The van der Waals surface area contributed by atoms with Crippen molar-refractivity contribution in [2.45, 2.75) is 50.7 Å². The average molecular weight is 236 g/mol. The number of amides is 1. The SMILES string of the molecule is N[C@@H]1CCCC[C@H]1NC(=O)CCn1ccnc1. The number of nitrogens with zero attached hydrogens (tertiary/aromatic N) is 2. The maximum atomic E-state index is 11.8. The lowest BCUT2D eigenvalue weighted by Crippen LogP contribution is -2.49. The van der Waals surface area contributed by atoms with Gasteiger partial charge < -0.3 is 15.6 Å². The van der Waals surface area contributed by atoms with Crippen LogP contribution >= 0.6 is 0 Å². The number of hydrogen-bond acceptors (Lipinski definition) is 3. The fourth-order valence-corrected chi connectivity index (χ4v) is 2.27. The molecule has 2 atom stereocenters. The van der Waals surface area contributed by atoms with Crippen LogP contribution in [0.5, 0.6) is 0 Å². The predicted molar refractivity (Wildman–Crippen MR) is 65.2 cm³/mol. The van der Waals surface area contributed by atoms with Crippen molar-refractivity contribution in [1.82, 2.24) is 14.9 Å². The van der Waals surface area contributed by atoms with Gasteiger partial charge in [-0.1, -0.05) is 12.8 Å². The lowest BCUT2D eigenvalue weighted by molar-refractivity contribution is -0.122. The number of imidazole rings is 1. The quantitative estimate of drug-likeness (QED) is 0.806. The Morgan fingerprint density at radius 2 is 2.29 bits per heavy atom. The monoisotopic (exact) mass is 236 g/mol. The summed E-state index contributed by atoms with van der Waals surface area (Å²) in [6, 6.07) is 0.292. The van der Waals surface area contributed by atoms with E-state index in [0.717, 1.165) is 12.8 Å². The summed E-state index contributed by atoms with van der Waals surface area (Å²) < 4.78 is 1.90. The fraction of sp³-hybridized carbons (Fsp3) is 0.667. The second-order valence-electron chi connectivity index (χ2n) is 4.67. The summed E-state index contributed by atoms with van der Waals surface area (Å²) in [7, 11) is 0. The van der Waals surface area contributed by atoms with Crippen molar-refractivity contribution in [3.8, 4) is 0 Å². The topological polar surface area (TPSA) is 72.9 Å². The molecule has 0 aliphatic heterocycles. The number of hydrogen-bond donors (Lipinski definition) is 2. The van der Waals surface area contributed by atoms with E-state index in [1.54, 1.807) is 12.5 Å². The van der Waals surface area contributed by atoms with Crippen LogP contribution in [0.2, 0.25) is 0 Å². The van der Waals surface area contributed by atoms with Gasteiger partial charge in [0.1, 0.15) is 0 Å². The standard InChI is InChI=1S/C12H20N4O/c13-10-3-1-2-4-11(10)15-12(17)5-7-16-8-6-14-9-16/h6,8-11H,1-5,7,13H2,(H,15,17)/t10-,11-/m1/s1. The lowest BCUT2D eigenvalue weighted by atomic mass is 9.91. The molecule has 1 fully saturated rings. The molecule has 1 heterocycles. The first-order valence-electron chi connectivity index (χ1n) is 6.26. The summed E-state index contributed by atoms with van der Waals surface area (Å²) in [6.07, 6.45) is 10.2. The Bertz CT molecular complexity index is 349. The van der Waals surface area contributed by atoms with E-state index < -0.39 is 0 Å². The minimum atomic E-state index is 0.0843. The second-order valence-corrected chi connectivity index (χ2v) is 4.67. The van der Waals surface area contributed by atoms with Crippen molar-refractivity contribution in [3.63, 3.8) is 0 Å². The molecule has 1 saturated carbocycles. The predicted octanol–water partition coefficient (Wildman–Crippen LogP) is 0.659. The smallest absolute Gasteiger partial charge is 0.222 e. The molecule has 2 rings (SSSR count). The van der Waals surface area contributed by atoms with Gasteiger partial charge in [-0.05, 0) is 12.8 Å². The Labute approximate surface area is 101 Å². The van der Waals surface area contributed by atoms with E-state index in [0.29, 0.717) is 13.0 Å². The first-order chi connectivity index (χ1) is 8.25. The van der Waals surface area contributed by atoms with Gasteiger partial charge in [0.2, 0.25) is 5.91 Å². The maximum absolute atomic E-state index is 11.8. The van der Waals surface area contributed by atoms with Gasteiger partial charge in [-0.2, -0.15) is 0 Å². The van der Waals surface area contributed by atoms with Gasteiger partial charge in [0.25, 0.3) is 0 Å². The van der Waals surface area contributed by atoms with Crippen LogP contribution in [0.25, 0.3) is 0 Å². The van der Waals surface area contributed by atoms with E-state index >= 15 is 0 Å². The van der Waals surface area contributed by atoms with Crippen LogP contribution in [-0.2, 0) is 11.3 Å². The third-order valence-electron chi connectivity index (χ3n) is 3.32. The summed E-state index contributed by atoms with van der Waals surface area (Å²) in [5.41, 5.74) is 5.99. The normalized spacial score (nSPS) is 24.5. The van der Waals surface area contributed by atoms with E-state index in [4.69, 9.17) is 5.73 Å². The number of carbonyl (C=O) groups excluding carboxylic acids is 1. The van der Waals surface area contributed by atoms with E-state index in [2.05, 4.69) is 10.3 Å². The van der Waals surface area contributed by atoms with E-state index in [9.17, 15) is 4.79 Å². The van der Waals surface area contributed by atoms with Gasteiger partial charge >= 0.3 is 0 Å². The number of nitrogens with two attached hydrogens (primary N) is 1. The van der Waals surface area contributed by atoms with Crippen LogP contribution in [-0.4, -0.2) is 27.5 Å². The van der Waals surface area contributed by atoms with E-state index in [1.165, 1.54) is 12.8 Å². The molecular weight excluding hydrogens is 216 g/mol. The molecule has 1 aromatic heterocycles. The van der Waals surface area contributed by atoms with Crippen LogP contribution in [0.15, 0.2) is 18.7 Å². The van der Waals surface area contributed by atoms with Gasteiger partial charge in [-0.25, -0.2) is 4.98 Å². The molecule has 0 aromatic carbocycles. The van der Waals surface area contributed by atoms with Gasteiger partial charge in [0.15, 0.2) is 0 Å². The van der Waals surface area contributed by atoms with Crippen molar-refractivity contribution in [3.05, 3.63) is 18.7 Å². The minimum absolute atomic E-state index is 0.0843. The minimum Gasteiger partial charge on any atom is -0.352 e. The summed E-state index contributed by atoms with van der Waals surface area (Å²) in [5.74, 6) is 0.0843. The highest BCUT2D eigenvalue weighted by Gasteiger charge is 2.22. The Hall–Kier alpha value is -1.36. The Morgan fingerprint density at radius 1 is 1.47 bits per heavy atom. The Balaban J connectivity index is 1.73. The Kier molecular flexibility index (Phi) is 4.14. The summed E-state index contributed by atoms with van der Waals surface area (Å²) in [4.78, 5) is 15.7. The van der Waals surface area contributed by atoms with Crippen LogP contribution in [0.4, 0.5) is 0 Å². The number of rotatable bonds is 4. The maximum Gasteiger partial charge on any atom is 0.222 e. The van der Waals surface area contributed by atoms with Gasteiger partial charge in [0, 0.05) is 37.4 Å². The van der Waals surface area contributed by atoms with E-state index in [1.807, 2.05) is 10.8 Å². The summed E-state index contributed by atoms with van der Waals surface area (Å²) in [6.45, 7) is 0.674. The molecule has 1 aliphatic carbocycles. The molecule has 5 nitrogen and oxygen atoms in total. The van der Waals surface area contributed by atoms with Crippen molar-refractivity contribution in [2.75, 3.05) is 0 Å². The van der Waals surface area contributed by atoms with Crippen molar-refractivity contribution < 1.29 is 4.79 Å². The highest BCUT2D eigenvalue weighted by molar-refractivity contribution is 5.76. The second kappa shape index (κ2) is 5.82. The molecule has 94 valence electrons. The van der Waals surface area contributed by atoms with Gasteiger partial charge in [-0.3, -0.25) is 4.79 Å². The molecular formula is C12H20N4O. The summed E-state index contributed by atoms with van der Waals surface area (Å²) in [5, 5.41) is 3.03. The number of carbonyl (C=O) groups is 1. The zero-order valence-corrected chi connectivity index (χ0v) is 10.0. The molecule has 0 spiro atoms. The van der Waals surface area contributed by atoms with E-state index in [-0.39, 0.29) is 18.0 Å². The molecule has 3 N–H and O–H groups in total. The van der Waals surface area contributed by atoms with Crippen LogP contribution < -0.4 is 11.1 Å². The van der Waals surface area contributed by atoms with Crippen LogP contribution in [0.1, 0.15) is 32.1 Å². The molecule has 5 heteroatoms. The number of aromatic nitrogens is 2. The van der Waals surface area contributed by atoms with Crippen molar-refractivity contribution in [2.24, 2.45) is 5.73 Å². The molecule has 0 radical (unpaired) electrons. The number of aryl methyl sites for hydroxylation is 1. The van der Waals surface area contributed by atoms with Gasteiger partial charge in [0.05, 0.1) is 6.33 Å². The zero-order chi connectivity index (χ0) is 12.1.